The highest BCUT2D eigenvalue weighted by Gasteiger charge is 2.09. The van der Waals surface area contributed by atoms with Gasteiger partial charge in [0, 0.05) is 28.9 Å². The van der Waals surface area contributed by atoms with Crippen LogP contribution in [0.15, 0.2) is 18.2 Å². The number of hydrogen-bond acceptors (Lipinski definition) is 3. The summed E-state index contributed by atoms with van der Waals surface area (Å²) in [6.45, 7) is 5.32. The number of hydrogen-bond donors (Lipinski definition) is 2. The molecule has 0 spiro atoms. The molecule has 1 atom stereocenters. The van der Waals surface area contributed by atoms with Crippen molar-refractivity contribution in [1.82, 2.24) is 0 Å². The summed E-state index contributed by atoms with van der Waals surface area (Å²) < 4.78 is 5.34. The number of nitrogens with two attached hydrogens (primary N) is 1. The first kappa shape index (κ1) is 14.2. The van der Waals surface area contributed by atoms with Crippen LogP contribution < -0.4 is 11.1 Å². The molecule has 0 amide bonds. The van der Waals surface area contributed by atoms with Gasteiger partial charge in [0.2, 0.25) is 0 Å². The van der Waals surface area contributed by atoms with Crippen molar-refractivity contribution in [3.63, 3.8) is 0 Å². The fourth-order valence-electron chi connectivity index (χ4n) is 1.45. The maximum Gasteiger partial charge on any atom is 0.106 e. The Morgan fingerprint density at radius 3 is 2.88 bits per heavy atom. The summed E-state index contributed by atoms with van der Waals surface area (Å²) in [5, 5.41) is 3.94. The second kappa shape index (κ2) is 6.79. The number of benzene rings is 1. The molecule has 0 heterocycles. The molecule has 0 radical (unpaired) electrons. The van der Waals surface area contributed by atoms with Gasteiger partial charge in [0.05, 0.1) is 6.61 Å². The van der Waals surface area contributed by atoms with Gasteiger partial charge in [-0.25, -0.2) is 0 Å². The predicted molar refractivity (Wildman–Crippen MR) is 76.9 cm³/mol. The van der Waals surface area contributed by atoms with Crippen LogP contribution in [0.5, 0.6) is 0 Å². The van der Waals surface area contributed by atoms with Crippen molar-refractivity contribution in [2.45, 2.75) is 19.9 Å². The van der Waals surface area contributed by atoms with E-state index in [1.54, 1.807) is 6.07 Å². The molecule has 0 bridgehead atoms. The van der Waals surface area contributed by atoms with E-state index in [9.17, 15) is 0 Å². The summed E-state index contributed by atoms with van der Waals surface area (Å²) in [6, 6.07) is 5.58. The summed E-state index contributed by atoms with van der Waals surface area (Å²) in [5.74, 6) is 0. The Kier molecular flexibility index (Phi) is 5.68. The van der Waals surface area contributed by atoms with Crippen LogP contribution in [0.1, 0.15) is 19.4 Å². The number of thiocarbonyl (C=S) groups is 1. The van der Waals surface area contributed by atoms with Gasteiger partial charge in [-0.2, -0.15) is 0 Å². The summed E-state index contributed by atoms with van der Waals surface area (Å²) in [6.07, 6.45) is 0. The molecule has 3 N–H and O–H groups in total. The zero-order valence-corrected chi connectivity index (χ0v) is 11.6. The molecule has 0 aliphatic heterocycles. The van der Waals surface area contributed by atoms with Gasteiger partial charge in [-0.05, 0) is 32.0 Å². The molecular formula is C12H17ClN2OS. The zero-order valence-electron chi connectivity index (χ0n) is 10.00. The summed E-state index contributed by atoms with van der Waals surface area (Å²) >= 11 is 11.0. The second-order valence-corrected chi connectivity index (χ2v) is 4.64. The van der Waals surface area contributed by atoms with Crippen LogP contribution in [0.25, 0.3) is 0 Å². The van der Waals surface area contributed by atoms with Gasteiger partial charge in [0.25, 0.3) is 0 Å². The van der Waals surface area contributed by atoms with Gasteiger partial charge < -0.3 is 15.8 Å². The third-order valence-corrected chi connectivity index (χ3v) is 2.68. The molecule has 0 aliphatic carbocycles. The molecular weight excluding hydrogens is 256 g/mol. The Bertz CT molecular complexity index is 398. The number of ether oxygens (including phenoxy) is 1. The average molecular weight is 273 g/mol. The van der Waals surface area contributed by atoms with E-state index in [1.807, 2.05) is 26.0 Å². The van der Waals surface area contributed by atoms with Gasteiger partial charge in [-0.15, -0.1) is 0 Å². The van der Waals surface area contributed by atoms with Gasteiger partial charge in [0.1, 0.15) is 4.99 Å². The van der Waals surface area contributed by atoms with Crippen LogP contribution >= 0.6 is 23.8 Å². The number of rotatable bonds is 6. The lowest BCUT2D eigenvalue weighted by molar-refractivity contribution is 0.141. The number of anilines is 1. The lowest BCUT2D eigenvalue weighted by Gasteiger charge is -2.17. The second-order valence-electron chi connectivity index (χ2n) is 3.76. The molecule has 1 aromatic carbocycles. The summed E-state index contributed by atoms with van der Waals surface area (Å²) in [4.78, 5) is 0.354. The van der Waals surface area contributed by atoms with Crippen molar-refractivity contribution < 1.29 is 4.74 Å². The normalized spacial score (nSPS) is 12.2. The van der Waals surface area contributed by atoms with Gasteiger partial charge >= 0.3 is 0 Å². The molecule has 0 saturated heterocycles. The van der Waals surface area contributed by atoms with Crippen LogP contribution in [-0.4, -0.2) is 24.2 Å². The standard InChI is InChI=1S/C12H17ClN2OS/c1-3-16-7-8(2)15-11-6-9(13)4-5-10(11)12(14)17/h4-6,8,15H,3,7H2,1-2H3,(H2,14,17). The lowest BCUT2D eigenvalue weighted by atomic mass is 10.1. The minimum Gasteiger partial charge on any atom is -0.389 e. The topological polar surface area (TPSA) is 47.3 Å². The van der Waals surface area contributed by atoms with Crippen LogP contribution in [0, 0.1) is 0 Å². The van der Waals surface area contributed by atoms with Crippen molar-refractivity contribution in [2.24, 2.45) is 5.73 Å². The smallest absolute Gasteiger partial charge is 0.106 e. The lowest BCUT2D eigenvalue weighted by Crippen LogP contribution is -2.24. The van der Waals surface area contributed by atoms with E-state index in [-0.39, 0.29) is 6.04 Å². The maximum absolute atomic E-state index is 5.95. The SMILES string of the molecule is CCOCC(C)Nc1cc(Cl)ccc1C(N)=S. The Labute approximate surface area is 112 Å². The third-order valence-electron chi connectivity index (χ3n) is 2.22. The van der Waals surface area contributed by atoms with Gasteiger partial charge in [-0.3, -0.25) is 0 Å². The Morgan fingerprint density at radius 1 is 1.59 bits per heavy atom. The van der Waals surface area contributed by atoms with E-state index in [0.29, 0.717) is 23.2 Å². The van der Waals surface area contributed by atoms with E-state index >= 15 is 0 Å². The van der Waals surface area contributed by atoms with Gasteiger partial charge in [0.15, 0.2) is 0 Å². The summed E-state index contributed by atoms with van der Waals surface area (Å²) in [7, 11) is 0. The molecule has 94 valence electrons. The number of halogens is 1. The molecule has 5 heteroatoms. The highest BCUT2D eigenvalue weighted by Crippen LogP contribution is 2.21. The first-order valence-electron chi connectivity index (χ1n) is 5.48. The Balaban J connectivity index is 2.81. The molecule has 17 heavy (non-hydrogen) atoms. The molecule has 1 rings (SSSR count). The van der Waals surface area contributed by atoms with Gasteiger partial charge in [-0.1, -0.05) is 23.8 Å². The highest BCUT2D eigenvalue weighted by atomic mass is 35.5. The predicted octanol–water partition coefficient (Wildman–Crippen LogP) is 2.81. The fourth-order valence-corrected chi connectivity index (χ4v) is 1.80. The Morgan fingerprint density at radius 2 is 2.29 bits per heavy atom. The van der Waals surface area contributed by atoms with Crippen molar-refractivity contribution >= 4 is 34.5 Å². The first-order valence-corrected chi connectivity index (χ1v) is 6.26. The minimum absolute atomic E-state index is 0.168. The van der Waals surface area contributed by atoms with Crippen LogP contribution in [0.3, 0.4) is 0 Å². The molecule has 0 aromatic heterocycles. The van der Waals surface area contributed by atoms with E-state index in [0.717, 1.165) is 11.3 Å². The molecule has 3 nitrogen and oxygen atoms in total. The highest BCUT2D eigenvalue weighted by molar-refractivity contribution is 7.80. The van der Waals surface area contributed by atoms with E-state index in [4.69, 9.17) is 34.3 Å². The van der Waals surface area contributed by atoms with Crippen LogP contribution in [-0.2, 0) is 4.74 Å². The summed E-state index contributed by atoms with van der Waals surface area (Å²) in [5.41, 5.74) is 7.30. The maximum atomic E-state index is 5.95. The monoisotopic (exact) mass is 272 g/mol. The van der Waals surface area contributed by atoms with E-state index < -0.39 is 0 Å². The average Bonchev–Trinajstić information content (AvgIpc) is 2.26. The van der Waals surface area contributed by atoms with Crippen molar-refractivity contribution in [3.05, 3.63) is 28.8 Å². The van der Waals surface area contributed by atoms with E-state index in [2.05, 4.69) is 5.32 Å². The quantitative estimate of drug-likeness (QED) is 0.782. The van der Waals surface area contributed by atoms with Crippen molar-refractivity contribution in [3.8, 4) is 0 Å². The molecule has 1 unspecified atom stereocenters. The fraction of sp³-hybridized carbons (Fsp3) is 0.417. The molecule has 0 fully saturated rings. The molecule has 1 aromatic rings. The Hall–Kier alpha value is -0.840. The first-order chi connectivity index (χ1) is 8.04. The van der Waals surface area contributed by atoms with Crippen molar-refractivity contribution in [2.75, 3.05) is 18.5 Å². The molecule has 0 saturated carbocycles. The van der Waals surface area contributed by atoms with E-state index in [1.165, 1.54) is 0 Å². The zero-order chi connectivity index (χ0) is 12.8. The third kappa shape index (κ3) is 4.50. The number of nitrogens with one attached hydrogen (secondary N) is 1. The van der Waals surface area contributed by atoms with Crippen LogP contribution in [0.2, 0.25) is 5.02 Å². The minimum atomic E-state index is 0.168. The molecule has 0 aliphatic rings. The largest absolute Gasteiger partial charge is 0.389 e. The van der Waals surface area contributed by atoms with Crippen molar-refractivity contribution in [1.29, 1.82) is 0 Å². The van der Waals surface area contributed by atoms with Crippen LogP contribution in [0.4, 0.5) is 5.69 Å².